The molecule has 102 valence electrons. The lowest BCUT2D eigenvalue weighted by molar-refractivity contribution is 0.300. The number of hydrogen-bond acceptors (Lipinski definition) is 7. The largest absolute Gasteiger partial charge is 0.395 e. The Bertz CT molecular complexity index is 372. The van der Waals surface area contributed by atoms with Gasteiger partial charge in [0.15, 0.2) is 5.16 Å². The second kappa shape index (κ2) is 7.38. The summed E-state index contributed by atoms with van der Waals surface area (Å²) in [6, 6.07) is 0. The third-order valence-corrected chi connectivity index (χ3v) is 3.38. The third kappa shape index (κ3) is 3.99. The molecule has 1 rings (SSSR count). The summed E-state index contributed by atoms with van der Waals surface area (Å²) in [6.07, 6.45) is 0. The number of anilines is 2. The molecule has 0 aliphatic heterocycles. The van der Waals surface area contributed by atoms with E-state index in [1.807, 2.05) is 6.92 Å². The number of aliphatic hydroxyl groups is 1. The van der Waals surface area contributed by atoms with Crippen molar-refractivity contribution in [1.29, 1.82) is 0 Å². The minimum absolute atomic E-state index is 0.0710. The number of rotatable bonds is 7. The second-order valence-electron chi connectivity index (χ2n) is 3.77. The lowest BCUT2D eigenvalue weighted by Gasteiger charge is -2.19. The maximum atomic E-state index is 9.08. The van der Waals surface area contributed by atoms with Crippen LogP contribution in [0.2, 0.25) is 0 Å². The first-order chi connectivity index (χ1) is 8.64. The van der Waals surface area contributed by atoms with E-state index in [2.05, 4.69) is 39.0 Å². The zero-order valence-corrected chi connectivity index (χ0v) is 12.2. The van der Waals surface area contributed by atoms with Crippen molar-refractivity contribution in [1.82, 2.24) is 15.0 Å². The van der Waals surface area contributed by atoms with Gasteiger partial charge in [0.2, 0.25) is 11.9 Å². The van der Waals surface area contributed by atoms with Crippen molar-refractivity contribution in [2.45, 2.75) is 31.2 Å². The van der Waals surface area contributed by atoms with E-state index in [9.17, 15) is 0 Å². The Morgan fingerprint density at radius 1 is 1.28 bits per heavy atom. The molecule has 2 N–H and O–H groups in total. The first kappa shape index (κ1) is 15.0. The molecule has 1 atom stereocenters. The minimum atomic E-state index is 0.0710. The highest BCUT2D eigenvalue weighted by atomic mass is 32.2. The summed E-state index contributed by atoms with van der Waals surface area (Å²) in [5, 5.41) is 12.7. The summed E-state index contributed by atoms with van der Waals surface area (Å²) < 4.78 is 0. The predicted octanol–water partition coefficient (Wildman–Crippen LogP) is 1.23. The molecule has 0 saturated heterocycles. The molecule has 0 amide bonds. The Morgan fingerprint density at radius 2 is 1.94 bits per heavy atom. The molecule has 0 aliphatic carbocycles. The lowest BCUT2D eigenvalue weighted by atomic mass is 10.5. The van der Waals surface area contributed by atoms with Crippen LogP contribution in [0.3, 0.4) is 0 Å². The fourth-order valence-electron chi connectivity index (χ4n) is 1.38. The Morgan fingerprint density at radius 3 is 2.44 bits per heavy atom. The van der Waals surface area contributed by atoms with E-state index < -0.39 is 0 Å². The maximum Gasteiger partial charge on any atom is 0.231 e. The lowest BCUT2D eigenvalue weighted by Crippen LogP contribution is -2.25. The molecule has 0 saturated carbocycles. The van der Waals surface area contributed by atoms with Crippen LogP contribution in [0.1, 0.15) is 20.8 Å². The molecule has 0 radical (unpaired) electrons. The first-order valence-electron chi connectivity index (χ1n) is 6.10. The van der Waals surface area contributed by atoms with Crippen molar-refractivity contribution in [3.05, 3.63) is 0 Å². The zero-order chi connectivity index (χ0) is 13.5. The van der Waals surface area contributed by atoms with Gasteiger partial charge in [-0.3, -0.25) is 0 Å². The number of aliphatic hydroxyl groups excluding tert-OH is 1. The van der Waals surface area contributed by atoms with Crippen molar-refractivity contribution < 1.29 is 5.11 Å². The molecule has 1 aromatic heterocycles. The molecule has 0 spiro atoms. The van der Waals surface area contributed by atoms with E-state index >= 15 is 0 Å². The van der Waals surface area contributed by atoms with Gasteiger partial charge in [-0.05, 0) is 13.8 Å². The summed E-state index contributed by atoms with van der Waals surface area (Å²) in [6.45, 7) is 7.87. The van der Waals surface area contributed by atoms with Crippen LogP contribution < -0.4 is 10.2 Å². The van der Waals surface area contributed by atoms with Gasteiger partial charge >= 0.3 is 0 Å². The Kier molecular flexibility index (Phi) is 6.14. The van der Waals surface area contributed by atoms with Gasteiger partial charge in [-0.1, -0.05) is 18.7 Å². The van der Waals surface area contributed by atoms with Gasteiger partial charge in [-0.15, -0.1) is 0 Å². The summed E-state index contributed by atoms with van der Waals surface area (Å²) in [4.78, 5) is 15.1. The molecule has 0 fully saturated rings. The van der Waals surface area contributed by atoms with Crippen LogP contribution >= 0.6 is 11.8 Å². The zero-order valence-electron chi connectivity index (χ0n) is 11.3. The second-order valence-corrected chi connectivity index (χ2v) is 5.18. The van der Waals surface area contributed by atoms with Gasteiger partial charge in [-0.25, -0.2) is 0 Å². The van der Waals surface area contributed by atoms with Gasteiger partial charge in [0, 0.05) is 25.4 Å². The molecule has 6 nitrogen and oxygen atoms in total. The molecular weight excluding hydrogens is 250 g/mol. The van der Waals surface area contributed by atoms with Gasteiger partial charge in [0.05, 0.1) is 6.61 Å². The van der Waals surface area contributed by atoms with Gasteiger partial charge in [-0.2, -0.15) is 15.0 Å². The number of nitrogens with zero attached hydrogens (tertiary/aromatic N) is 4. The van der Waals surface area contributed by atoms with Gasteiger partial charge in [0.25, 0.3) is 0 Å². The third-order valence-electron chi connectivity index (χ3n) is 2.44. The van der Waals surface area contributed by atoms with E-state index in [1.165, 1.54) is 11.8 Å². The standard InChI is InChI=1S/C11H21N5OS/c1-5-16(6-2)10-13-9(12-4)14-11(15-10)18-8(3)7-17/h8,17H,5-7H2,1-4H3,(H,12,13,14,15). The highest BCUT2D eigenvalue weighted by molar-refractivity contribution is 7.99. The molecule has 1 unspecified atom stereocenters. The van der Waals surface area contributed by atoms with E-state index in [-0.39, 0.29) is 11.9 Å². The van der Waals surface area contributed by atoms with Gasteiger partial charge < -0.3 is 15.3 Å². The highest BCUT2D eigenvalue weighted by Crippen LogP contribution is 2.22. The highest BCUT2D eigenvalue weighted by Gasteiger charge is 2.12. The quantitative estimate of drug-likeness (QED) is 0.722. The van der Waals surface area contributed by atoms with E-state index in [4.69, 9.17) is 5.11 Å². The molecule has 0 aromatic carbocycles. The fraction of sp³-hybridized carbons (Fsp3) is 0.727. The van der Waals surface area contributed by atoms with E-state index in [1.54, 1.807) is 7.05 Å². The van der Waals surface area contributed by atoms with Crippen molar-refractivity contribution in [2.24, 2.45) is 0 Å². The smallest absolute Gasteiger partial charge is 0.231 e. The number of aromatic nitrogens is 3. The fourth-order valence-corrected chi connectivity index (χ4v) is 2.08. The SMILES string of the molecule is CCN(CC)c1nc(NC)nc(SC(C)CO)n1. The van der Waals surface area contributed by atoms with Crippen molar-refractivity contribution >= 4 is 23.7 Å². The monoisotopic (exact) mass is 271 g/mol. The van der Waals surface area contributed by atoms with Gasteiger partial charge in [0.1, 0.15) is 0 Å². The summed E-state index contributed by atoms with van der Waals surface area (Å²) >= 11 is 1.45. The number of hydrogen-bond donors (Lipinski definition) is 2. The summed E-state index contributed by atoms with van der Waals surface area (Å²) in [5.74, 6) is 1.23. The van der Waals surface area contributed by atoms with Crippen LogP contribution in [0.4, 0.5) is 11.9 Å². The molecule has 0 bridgehead atoms. The minimum Gasteiger partial charge on any atom is -0.395 e. The summed E-state index contributed by atoms with van der Waals surface area (Å²) in [7, 11) is 1.78. The molecule has 1 heterocycles. The van der Waals surface area contributed by atoms with Crippen LogP contribution in [0.15, 0.2) is 5.16 Å². The number of thioether (sulfide) groups is 1. The average Bonchev–Trinajstić information content (AvgIpc) is 2.39. The van der Waals surface area contributed by atoms with E-state index in [0.717, 1.165) is 13.1 Å². The topological polar surface area (TPSA) is 74.2 Å². The van der Waals surface area contributed by atoms with Crippen LogP contribution in [-0.4, -0.2) is 52.1 Å². The Hall–Kier alpha value is -1.08. The molecular formula is C11H21N5OS. The maximum absolute atomic E-state index is 9.08. The normalized spacial score (nSPS) is 12.3. The van der Waals surface area contributed by atoms with Crippen molar-refractivity contribution in [3.63, 3.8) is 0 Å². The first-order valence-corrected chi connectivity index (χ1v) is 6.98. The molecule has 1 aromatic rings. The van der Waals surface area contributed by atoms with Crippen LogP contribution in [0.25, 0.3) is 0 Å². The molecule has 18 heavy (non-hydrogen) atoms. The van der Waals surface area contributed by atoms with Crippen LogP contribution in [0.5, 0.6) is 0 Å². The van der Waals surface area contributed by atoms with E-state index in [0.29, 0.717) is 17.1 Å². The Balaban J connectivity index is 3.00. The number of nitrogens with one attached hydrogen (secondary N) is 1. The van der Waals surface area contributed by atoms with Crippen molar-refractivity contribution in [2.75, 3.05) is 37.0 Å². The summed E-state index contributed by atoms with van der Waals surface area (Å²) in [5.41, 5.74) is 0. The molecule has 7 heteroatoms. The van der Waals surface area contributed by atoms with Crippen LogP contribution in [-0.2, 0) is 0 Å². The molecule has 0 aliphatic rings. The van der Waals surface area contributed by atoms with Crippen LogP contribution in [0, 0.1) is 0 Å². The average molecular weight is 271 g/mol. The predicted molar refractivity (Wildman–Crippen MR) is 75.3 cm³/mol. The Labute approximate surface area is 112 Å². The van der Waals surface area contributed by atoms with Crippen molar-refractivity contribution in [3.8, 4) is 0 Å².